The monoisotopic (exact) mass is 260 g/mol. The summed E-state index contributed by atoms with van der Waals surface area (Å²) < 4.78 is 29.8. The number of pyridine rings is 1. The molecule has 0 saturated heterocycles. The van der Waals surface area contributed by atoms with Crippen LogP contribution in [0.15, 0.2) is 6.20 Å². The fourth-order valence-corrected chi connectivity index (χ4v) is 1.43. The summed E-state index contributed by atoms with van der Waals surface area (Å²) in [5.41, 5.74) is -2.17. The lowest BCUT2D eigenvalue weighted by molar-refractivity contribution is -0.387. The summed E-state index contributed by atoms with van der Waals surface area (Å²) in [7, 11) is 0. The molecular formula is C10H10F2N2O4. The summed E-state index contributed by atoms with van der Waals surface area (Å²) in [6.07, 6.45) is -2.41. The molecule has 6 nitrogen and oxygen atoms in total. The summed E-state index contributed by atoms with van der Waals surface area (Å²) in [5, 5.41) is 10.8. The molecule has 0 aliphatic rings. The van der Waals surface area contributed by atoms with Gasteiger partial charge in [-0.05, 0) is 13.8 Å². The van der Waals surface area contributed by atoms with Gasteiger partial charge in [0.1, 0.15) is 5.56 Å². The number of nitrogens with zero attached hydrogens (tertiary/aromatic N) is 2. The molecule has 0 saturated carbocycles. The number of aromatic nitrogens is 1. The van der Waals surface area contributed by atoms with Crippen LogP contribution in [0.5, 0.6) is 0 Å². The average Bonchev–Trinajstić information content (AvgIpc) is 2.27. The molecule has 0 radical (unpaired) electrons. The van der Waals surface area contributed by atoms with Crippen molar-refractivity contribution in [1.82, 2.24) is 4.98 Å². The maximum absolute atomic E-state index is 12.6. The molecule has 0 aromatic carbocycles. The summed E-state index contributed by atoms with van der Waals surface area (Å²) in [6, 6.07) is 0. The maximum atomic E-state index is 12.6. The van der Waals surface area contributed by atoms with Crippen LogP contribution in [0.1, 0.15) is 35.0 Å². The van der Waals surface area contributed by atoms with E-state index in [1.54, 1.807) is 6.92 Å². The van der Waals surface area contributed by atoms with Gasteiger partial charge in [-0.15, -0.1) is 0 Å². The number of halogens is 2. The van der Waals surface area contributed by atoms with Gasteiger partial charge in [0, 0.05) is 6.20 Å². The number of nitro groups is 1. The Labute approximate surface area is 101 Å². The molecule has 18 heavy (non-hydrogen) atoms. The second-order valence-corrected chi connectivity index (χ2v) is 3.31. The highest BCUT2D eigenvalue weighted by atomic mass is 19.3. The van der Waals surface area contributed by atoms with E-state index in [1.165, 1.54) is 6.92 Å². The van der Waals surface area contributed by atoms with Crippen molar-refractivity contribution in [3.8, 4) is 0 Å². The van der Waals surface area contributed by atoms with Gasteiger partial charge in [-0.1, -0.05) is 0 Å². The average molecular weight is 260 g/mol. The minimum Gasteiger partial charge on any atom is -0.461 e. The van der Waals surface area contributed by atoms with E-state index in [0.717, 1.165) is 0 Å². The fraction of sp³-hybridized carbons (Fsp3) is 0.400. The largest absolute Gasteiger partial charge is 0.461 e. The summed E-state index contributed by atoms with van der Waals surface area (Å²) in [4.78, 5) is 24.7. The first-order valence-electron chi connectivity index (χ1n) is 4.99. The fourth-order valence-electron chi connectivity index (χ4n) is 1.43. The van der Waals surface area contributed by atoms with E-state index in [9.17, 15) is 23.7 Å². The third kappa shape index (κ3) is 2.58. The molecule has 1 rings (SSSR count). The summed E-state index contributed by atoms with van der Waals surface area (Å²) in [5.74, 6) is -0.876. The van der Waals surface area contributed by atoms with Crippen molar-refractivity contribution in [2.45, 2.75) is 20.3 Å². The zero-order valence-corrected chi connectivity index (χ0v) is 9.65. The van der Waals surface area contributed by atoms with Crippen LogP contribution < -0.4 is 0 Å². The molecule has 8 heteroatoms. The van der Waals surface area contributed by atoms with Gasteiger partial charge in [-0.2, -0.15) is 0 Å². The molecule has 1 heterocycles. The van der Waals surface area contributed by atoms with Crippen molar-refractivity contribution in [3.63, 3.8) is 0 Å². The normalized spacial score (nSPS) is 10.5. The van der Waals surface area contributed by atoms with Crippen LogP contribution in [0.2, 0.25) is 0 Å². The third-order valence-electron chi connectivity index (χ3n) is 2.20. The minimum absolute atomic E-state index is 0.0599. The molecule has 0 N–H and O–H groups in total. The lowest BCUT2D eigenvalue weighted by atomic mass is 10.1. The molecule has 0 bridgehead atoms. The Morgan fingerprint density at radius 2 is 2.22 bits per heavy atom. The number of ether oxygens (including phenoxy) is 1. The van der Waals surface area contributed by atoms with E-state index in [1.807, 2.05) is 0 Å². The Hall–Kier alpha value is -2.12. The first-order valence-corrected chi connectivity index (χ1v) is 4.99. The first-order chi connectivity index (χ1) is 8.40. The molecule has 1 aromatic rings. The van der Waals surface area contributed by atoms with E-state index in [2.05, 4.69) is 9.72 Å². The quantitative estimate of drug-likeness (QED) is 0.471. The number of carbonyl (C=O) groups is 1. The van der Waals surface area contributed by atoms with Gasteiger partial charge >= 0.3 is 5.97 Å². The number of carbonyl (C=O) groups excluding carboxylic acids is 1. The molecule has 0 aliphatic carbocycles. The van der Waals surface area contributed by atoms with Crippen LogP contribution in [0, 0.1) is 17.0 Å². The number of hydrogen-bond acceptors (Lipinski definition) is 5. The van der Waals surface area contributed by atoms with Gasteiger partial charge in [0.15, 0.2) is 5.69 Å². The lowest BCUT2D eigenvalue weighted by Crippen LogP contribution is -2.12. The van der Waals surface area contributed by atoms with E-state index in [4.69, 9.17) is 0 Å². The van der Waals surface area contributed by atoms with Gasteiger partial charge in [0.2, 0.25) is 0 Å². The highest BCUT2D eigenvalue weighted by Crippen LogP contribution is 2.32. The van der Waals surface area contributed by atoms with Gasteiger partial charge in [0.25, 0.3) is 12.1 Å². The Morgan fingerprint density at radius 3 is 2.67 bits per heavy atom. The van der Waals surface area contributed by atoms with Crippen LogP contribution in [0.4, 0.5) is 14.5 Å². The molecule has 0 unspecified atom stereocenters. The molecule has 0 aliphatic heterocycles. The number of alkyl halides is 2. The zero-order valence-electron chi connectivity index (χ0n) is 9.65. The summed E-state index contributed by atoms with van der Waals surface area (Å²) >= 11 is 0. The molecule has 98 valence electrons. The molecule has 0 fully saturated rings. The topological polar surface area (TPSA) is 82.3 Å². The van der Waals surface area contributed by atoms with Crippen molar-refractivity contribution in [2.24, 2.45) is 0 Å². The van der Waals surface area contributed by atoms with Crippen LogP contribution >= 0.6 is 0 Å². The van der Waals surface area contributed by atoms with Gasteiger partial charge in [0.05, 0.1) is 17.1 Å². The smallest absolute Gasteiger partial charge is 0.357 e. The molecule has 0 atom stereocenters. The minimum atomic E-state index is -3.03. The Kier molecular flexibility index (Phi) is 4.24. The Bertz CT molecular complexity index is 491. The second kappa shape index (κ2) is 5.48. The van der Waals surface area contributed by atoms with E-state index in [-0.39, 0.29) is 17.9 Å². The zero-order chi connectivity index (χ0) is 13.9. The van der Waals surface area contributed by atoms with Crippen molar-refractivity contribution in [2.75, 3.05) is 6.61 Å². The highest BCUT2D eigenvalue weighted by Gasteiger charge is 2.29. The Morgan fingerprint density at radius 1 is 1.61 bits per heavy atom. The van der Waals surface area contributed by atoms with Crippen LogP contribution in [-0.2, 0) is 4.74 Å². The SMILES string of the molecule is CCOC(=O)c1ncc(C(F)F)c([N+](=O)[O-])c1C. The van der Waals surface area contributed by atoms with Gasteiger partial charge < -0.3 is 4.74 Å². The van der Waals surface area contributed by atoms with Crippen LogP contribution in [-0.4, -0.2) is 22.5 Å². The number of hydrogen-bond donors (Lipinski definition) is 0. The lowest BCUT2D eigenvalue weighted by Gasteiger charge is -2.08. The maximum Gasteiger partial charge on any atom is 0.357 e. The molecule has 0 amide bonds. The molecule has 0 spiro atoms. The van der Waals surface area contributed by atoms with Crippen LogP contribution in [0.3, 0.4) is 0 Å². The van der Waals surface area contributed by atoms with Crippen LogP contribution in [0.25, 0.3) is 0 Å². The second-order valence-electron chi connectivity index (χ2n) is 3.31. The van der Waals surface area contributed by atoms with Crippen molar-refractivity contribution < 1.29 is 23.2 Å². The predicted molar refractivity (Wildman–Crippen MR) is 56.5 cm³/mol. The first kappa shape index (κ1) is 13.9. The van der Waals surface area contributed by atoms with Gasteiger partial charge in [-0.3, -0.25) is 10.1 Å². The third-order valence-corrected chi connectivity index (χ3v) is 2.20. The summed E-state index contributed by atoms with van der Waals surface area (Å²) in [6.45, 7) is 2.79. The standard InChI is InChI=1S/C10H10F2N2O4/c1-3-18-10(15)7-5(2)8(14(16)17)6(4-13-7)9(11)12/h4,9H,3H2,1-2H3. The molecule has 1 aromatic heterocycles. The van der Waals surface area contributed by atoms with E-state index >= 15 is 0 Å². The van der Waals surface area contributed by atoms with Crippen molar-refractivity contribution >= 4 is 11.7 Å². The highest BCUT2D eigenvalue weighted by molar-refractivity contribution is 5.90. The van der Waals surface area contributed by atoms with E-state index < -0.39 is 28.6 Å². The van der Waals surface area contributed by atoms with Crippen molar-refractivity contribution in [1.29, 1.82) is 0 Å². The van der Waals surface area contributed by atoms with E-state index in [0.29, 0.717) is 6.20 Å². The Balaban J connectivity index is 3.39. The molecular weight excluding hydrogens is 250 g/mol. The predicted octanol–water partition coefficient (Wildman–Crippen LogP) is 2.41. The number of esters is 1. The van der Waals surface area contributed by atoms with Gasteiger partial charge in [-0.25, -0.2) is 18.6 Å². The van der Waals surface area contributed by atoms with Crippen molar-refractivity contribution in [3.05, 3.63) is 33.1 Å². The number of rotatable bonds is 4.